The van der Waals surface area contributed by atoms with Gasteiger partial charge in [-0.2, -0.15) is 5.10 Å². The Bertz CT molecular complexity index is 2050. The number of thioether (sulfide) groups is 1. The van der Waals surface area contributed by atoms with Crippen molar-refractivity contribution in [3.05, 3.63) is 50.4 Å². The monoisotopic (exact) mass is 716 g/mol. The Morgan fingerprint density at radius 2 is 1.86 bits per heavy atom. The second-order valence-electron chi connectivity index (χ2n) is 11.1. The molecule has 2 aliphatic heterocycles. The molecular formula is C28H28N8O11S2. The van der Waals surface area contributed by atoms with Crippen molar-refractivity contribution in [2.45, 2.75) is 44.3 Å². The average Bonchev–Trinajstić information content (AvgIpc) is 3.48. The zero-order valence-corrected chi connectivity index (χ0v) is 27.4. The summed E-state index contributed by atoms with van der Waals surface area (Å²) >= 11 is 2.06. The minimum atomic E-state index is -1.83. The van der Waals surface area contributed by atoms with E-state index in [1.807, 2.05) is 0 Å². The smallest absolute Gasteiger partial charge is 0.352 e. The molecule has 0 aliphatic carbocycles. The third kappa shape index (κ3) is 6.44. The number of amides is 3. The number of nitrogen functional groups attached to an aromatic ring is 1. The number of hydrogen-bond donors (Lipinski definition) is 7. The molecule has 0 radical (unpaired) electrons. The van der Waals surface area contributed by atoms with Crippen molar-refractivity contribution < 1.29 is 49.2 Å². The summed E-state index contributed by atoms with van der Waals surface area (Å²) in [5.74, 6) is -6.61. The summed E-state index contributed by atoms with van der Waals surface area (Å²) in [6, 6.07) is 0.929. The van der Waals surface area contributed by atoms with E-state index in [4.69, 9.17) is 10.6 Å². The molecule has 0 bridgehead atoms. The Labute approximate surface area is 283 Å². The molecule has 1 aromatic carbocycles. The number of thiazole rings is 1. The molecule has 8 N–H and O–H groups in total. The van der Waals surface area contributed by atoms with Crippen LogP contribution in [0.1, 0.15) is 37.0 Å². The number of fused-ring (bicyclic) bond motifs is 2. The van der Waals surface area contributed by atoms with Crippen LogP contribution in [0.5, 0.6) is 11.5 Å². The summed E-state index contributed by atoms with van der Waals surface area (Å²) < 4.78 is 1.28. The summed E-state index contributed by atoms with van der Waals surface area (Å²) in [7, 11) is 0. The number of phenols is 2. The molecule has 3 aromatic rings. The molecule has 0 saturated carbocycles. The topological polar surface area (TPSA) is 289 Å². The van der Waals surface area contributed by atoms with Crippen molar-refractivity contribution >= 4 is 74.5 Å². The molecule has 2 atom stereocenters. The van der Waals surface area contributed by atoms with Crippen LogP contribution in [-0.2, 0) is 30.6 Å². The fourth-order valence-electron chi connectivity index (χ4n) is 4.80. The Balaban J connectivity index is 1.35. The molecule has 1 unspecified atom stereocenters. The van der Waals surface area contributed by atoms with Gasteiger partial charge in [0.1, 0.15) is 22.8 Å². The molecule has 1 saturated heterocycles. The normalized spacial score (nSPS) is 17.7. The lowest BCUT2D eigenvalue weighted by Gasteiger charge is -2.49. The van der Waals surface area contributed by atoms with E-state index < -0.39 is 80.7 Å². The van der Waals surface area contributed by atoms with Crippen molar-refractivity contribution in [3.8, 4) is 11.5 Å². The summed E-state index contributed by atoms with van der Waals surface area (Å²) in [4.78, 5) is 86.5. The second kappa shape index (κ2) is 13.1. The molecule has 49 heavy (non-hydrogen) atoms. The first-order valence-corrected chi connectivity index (χ1v) is 16.1. The van der Waals surface area contributed by atoms with E-state index in [2.05, 4.69) is 25.9 Å². The molecule has 19 nitrogen and oxygen atoms in total. The zero-order chi connectivity index (χ0) is 35.9. The number of aromatic hydroxyl groups is 2. The van der Waals surface area contributed by atoms with E-state index in [1.54, 1.807) is 6.92 Å². The van der Waals surface area contributed by atoms with Gasteiger partial charge < -0.3 is 41.6 Å². The van der Waals surface area contributed by atoms with Crippen LogP contribution in [0, 0.1) is 0 Å². The number of carbonyl (C=O) groups is 5. The number of aromatic nitrogens is 3. The van der Waals surface area contributed by atoms with Gasteiger partial charge in [-0.15, -0.1) is 23.1 Å². The Kier molecular flexibility index (Phi) is 9.24. The quantitative estimate of drug-likeness (QED) is 0.0576. The van der Waals surface area contributed by atoms with Gasteiger partial charge in [-0.05, 0) is 32.4 Å². The minimum Gasteiger partial charge on any atom is -0.504 e. The van der Waals surface area contributed by atoms with Crippen LogP contribution in [0.2, 0.25) is 0 Å². The molecule has 1 fully saturated rings. The van der Waals surface area contributed by atoms with Crippen LogP contribution in [0.3, 0.4) is 0 Å². The lowest BCUT2D eigenvalue weighted by Crippen LogP contribution is -2.71. The van der Waals surface area contributed by atoms with Crippen molar-refractivity contribution in [2.24, 2.45) is 5.16 Å². The van der Waals surface area contributed by atoms with Gasteiger partial charge >= 0.3 is 11.9 Å². The molecule has 0 spiro atoms. The number of phenolic OH excluding ortho intramolecular Hbond substituents is 2. The largest absolute Gasteiger partial charge is 0.504 e. The number of nitrogens with two attached hydrogens (primary N) is 1. The van der Waals surface area contributed by atoms with Crippen LogP contribution in [-0.4, -0.2) is 105 Å². The van der Waals surface area contributed by atoms with E-state index >= 15 is 0 Å². The highest BCUT2D eigenvalue weighted by molar-refractivity contribution is 8.00. The lowest BCUT2D eigenvalue weighted by atomic mass is 10.0. The van der Waals surface area contributed by atoms with E-state index in [1.165, 1.54) is 23.9 Å². The van der Waals surface area contributed by atoms with Gasteiger partial charge in [-0.25, -0.2) is 14.6 Å². The number of aliphatic carboxylic acids is 2. The maximum absolute atomic E-state index is 13.3. The van der Waals surface area contributed by atoms with Crippen molar-refractivity contribution in [1.82, 2.24) is 30.3 Å². The number of nitrogens with zero attached hydrogens (tertiary/aromatic N) is 5. The summed E-state index contributed by atoms with van der Waals surface area (Å²) in [6.45, 7) is 3.89. The number of β-lactam (4-membered cyclic amide) rings is 1. The number of carbonyl (C=O) groups excluding carboxylic acids is 3. The highest BCUT2D eigenvalue weighted by atomic mass is 32.2. The van der Waals surface area contributed by atoms with E-state index in [0.29, 0.717) is 0 Å². The van der Waals surface area contributed by atoms with Crippen molar-refractivity contribution in [2.75, 3.05) is 18.0 Å². The summed E-state index contributed by atoms with van der Waals surface area (Å²) in [5, 5.41) is 52.3. The number of oxime groups is 1. The van der Waals surface area contributed by atoms with Crippen LogP contribution < -0.4 is 21.8 Å². The van der Waals surface area contributed by atoms with E-state index in [9.17, 15) is 49.2 Å². The first-order chi connectivity index (χ1) is 23.0. The number of rotatable bonds is 11. The zero-order valence-electron chi connectivity index (χ0n) is 25.8. The van der Waals surface area contributed by atoms with Crippen LogP contribution in [0.4, 0.5) is 5.13 Å². The molecule has 5 rings (SSSR count). The fourth-order valence-corrected chi connectivity index (χ4v) is 6.69. The number of carboxylic acid groups (broad SMARTS) is 2. The lowest BCUT2D eigenvalue weighted by molar-refractivity contribution is -0.161. The third-order valence-electron chi connectivity index (χ3n) is 7.42. The highest BCUT2D eigenvalue weighted by Crippen LogP contribution is 2.40. The number of benzene rings is 1. The SMILES string of the molecule is CCn1nc(C(=O)NCC2=C(C(=O)O)N3C(=O)C(NC(=O)/C(=N\OC(C)(C)C(=O)O)c4csc(N)n4)[C@H]3SC2)c(=O)c2cc(O)c(O)cc21. The Hall–Kier alpha value is -5.70. The molecule has 258 valence electrons. The van der Waals surface area contributed by atoms with Crippen LogP contribution in [0.15, 0.2) is 38.7 Å². The third-order valence-corrected chi connectivity index (χ3v) is 9.44. The van der Waals surface area contributed by atoms with Crippen LogP contribution >= 0.6 is 23.1 Å². The van der Waals surface area contributed by atoms with Gasteiger partial charge in [0.05, 0.1) is 10.9 Å². The molecular weight excluding hydrogens is 688 g/mol. The minimum absolute atomic E-state index is 0.000299. The molecule has 4 heterocycles. The van der Waals surface area contributed by atoms with Gasteiger partial charge in [0.2, 0.25) is 11.0 Å². The predicted octanol–water partition coefficient (Wildman–Crippen LogP) is -0.381. The number of anilines is 1. The first kappa shape index (κ1) is 34.6. The maximum atomic E-state index is 13.3. The van der Waals surface area contributed by atoms with E-state index in [0.717, 1.165) is 40.1 Å². The molecule has 3 amide bonds. The first-order valence-electron chi connectivity index (χ1n) is 14.2. The summed E-state index contributed by atoms with van der Waals surface area (Å²) in [5.41, 5.74) is 1.83. The van der Waals surface area contributed by atoms with Gasteiger partial charge in [0.25, 0.3) is 17.7 Å². The van der Waals surface area contributed by atoms with E-state index in [-0.39, 0.29) is 46.1 Å². The van der Waals surface area contributed by atoms with Gasteiger partial charge in [0.15, 0.2) is 28.0 Å². The summed E-state index contributed by atoms with van der Waals surface area (Å²) in [6.07, 6.45) is 0. The Morgan fingerprint density at radius 1 is 1.16 bits per heavy atom. The molecule has 2 aromatic heterocycles. The van der Waals surface area contributed by atoms with Crippen molar-refractivity contribution in [1.29, 1.82) is 0 Å². The average molecular weight is 717 g/mol. The maximum Gasteiger partial charge on any atom is 0.352 e. The number of hydrogen-bond acceptors (Lipinski definition) is 15. The number of aryl methyl sites for hydroxylation is 1. The fraction of sp³-hybridized carbons (Fsp3) is 0.321. The number of nitrogens with one attached hydrogen (secondary N) is 2. The van der Waals surface area contributed by atoms with Crippen molar-refractivity contribution in [3.63, 3.8) is 0 Å². The standard InChI is InChI=1S/C28H28N8O11S2/c1-4-35-13-6-15(38)14(37)5-11(13)20(39)17(33-35)21(40)30-7-10-8-48-24-18(23(42)36(24)19(10)25(43)44)32-22(41)16(12-9-49-27(29)31-12)34-47-28(2,3)26(45)46/h5-6,9,18,24,37-38H,4,7-8H2,1-3H3,(H2,29,31)(H,30,40)(H,32,41)(H,43,44)(H,45,46)/b34-16-/t18?,24-/m1/s1. The molecule has 2 aliphatic rings. The van der Waals surface area contributed by atoms with Gasteiger partial charge in [-0.3, -0.25) is 28.8 Å². The van der Waals surface area contributed by atoms with Gasteiger partial charge in [-0.1, -0.05) is 5.16 Å². The Morgan fingerprint density at radius 3 is 2.47 bits per heavy atom. The van der Waals surface area contributed by atoms with Gasteiger partial charge in [0, 0.05) is 30.3 Å². The van der Waals surface area contributed by atoms with Crippen LogP contribution in [0.25, 0.3) is 10.9 Å². The highest BCUT2D eigenvalue weighted by Gasteiger charge is 2.54. The number of carboxylic acids is 2. The molecule has 21 heteroatoms. The predicted molar refractivity (Wildman–Crippen MR) is 173 cm³/mol. The second-order valence-corrected chi connectivity index (χ2v) is 13.1.